The van der Waals surface area contributed by atoms with Crippen molar-refractivity contribution >= 4 is 23.8 Å². The number of ether oxygens (including phenoxy) is 1. The van der Waals surface area contributed by atoms with E-state index in [0.717, 1.165) is 5.75 Å². The monoisotopic (exact) mass is 290 g/mol. The van der Waals surface area contributed by atoms with Crippen LogP contribution in [0.1, 0.15) is 19.8 Å². The van der Waals surface area contributed by atoms with E-state index in [4.69, 9.17) is 9.84 Å². The Morgan fingerprint density at radius 1 is 1.58 bits per heavy atom. The third kappa shape index (κ3) is 5.69. The maximum absolute atomic E-state index is 12.0. The number of carboxylic acids is 1. The number of rotatable bonds is 6. The summed E-state index contributed by atoms with van der Waals surface area (Å²) >= 11 is 1.83. The number of nitrogens with zero attached hydrogens (tertiary/aromatic N) is 1. The molecule has 1 rings (SSSR count). The highest BCUT2D eigenvalue weighted by Crippen LogP contribution is 2.17. The summed E-state index contributed by atoms with van der Waals surface area (Å²) in [6.45, 7) is 3.90. The van der Waals surface area contributed by atoms with Gasteiger partial charge in [0.15, 0.2) is 0 Å². The fraction of sp³-hybridized carbons (Fsp3) is 0.833. The number of urea groups is 1. The molecular formula is C12H22N2O4S. The van der Waals surface area contributed by atoms with Crippen LogP contribution < -0.4 is 5.32 Å². The fourth-order valence-electron chi connectivity index (χ4n) is 1.93. The van der Waals surface area contributed by atoms with Crippen LogP contribution in [0.3, 0.4) is 0 Å². The maximum atomic E-state index is 12.0. The minimum atomic E-state index is -0.996. The van der Waals surface area contributed by atoms with Gasteiger partial charge in [0, 0.05) is 37.8 Å². The Morgan fingerprint density at radius 2 is 2.32 bits per heavy atom. The number of nitrogens with one attached hydrogen (secondary N) is 1. The first-order valence-electron chi connectivity index (χ1n) is 6.43. The van der Waals surface area contributed by atoms with Crippen LogP contribution in [0.4, 0.5) is 4.79 Å². The minimum Gasteiger partial charge on any atom is -0.480 e. The molecule has 110 valence electrons. The highest BCUT2D eigenvalue weighted by Gasteiger charge is 2.25. The molecule has 0 radical (unpaired) electrons. The highest BCUT2D eigenvalue weighted by atomic mass is 32.2. The summed E-state index contributed by atoms with van der Waals surface area (Å²) in [4.78, 5) is 24.8. The number of methoxy groups -OCH3 is 1. The van der Waals surface area contributed by atoms with Gasteiger partial charge in [0.1, 0.15) is 6.04 Å². The maximum Gasteiger partial charge on any atom is 0.326 e. The number of hydrogen-bond donors (Lipinski definition) is 2. The lowest BCUT2D eigenvalue weighted by Gasteiger charge is -2.31. The second kappa shape index (κ2) is 8.27. The summed E-state index contributed by atoms with van der Waals surface area (Å²) in [5.74, 6) is -0.0976. The van der Waals surface area contributed by atoms with Gasteiger partial charge in [-0.2, -0.15) is 11.8 Å². The van der Waals surface area contributed by atoms with Gasteiger partial charge in [-0.15, -0.1) is 0 Å². The van der Waals surface area contributed by atoms with Gasteiger partial charge < -0.3 is 20.1 Å². The molecule has 0 aromatic heterocycles. The SMILES string of the molecule is COCCCC(NC(=O)N1CCSC(C)C1)C(=O)O. The third-order valence-electron chi connectivity index (χ3n) is 2.97. The molecule has 7 heteroatoms. The van der Waals surface area contributed by atoms with Crippen molar-refractivity contribution in [3.63, 3.8) is 0 Å². The van der Waals surface area contributed by atoms with Gasteiger partial charge in [-0.25, -0.2) is 9.59 Å². The van der Waals surface area contributed by atoms with Crippen molar-refractivity contribution in [2.24, 2.45) is 0 Å². The summed E-state index contributed by atoms with van der Waals surface area (Å²) < 4.78 is 4.89. The molecule has 2 atom stereocenters. The third-order valence-corrected chi connectivity index (χ3v) is 4.10. The van der Waals surface area contributed by atoms with Gasteiger partial charge in [-0.05, 0) is 12.8 Å². The summed E-state index contributed by atoms with van der Waals surface area (Å²) in [5, 5.41) is 12.1. The Labute approximate surface area is 117 Å². The average Bonchev–Trinajstić information content (AvgIpc) is 2.37. The van der Waals surface area contributed by atoms with E-state index in [1.54, 1.807) is 12.0 Å². The summed E-state index contributed by atoms with van der Waals surface area (Å²) in [5.41, 5.74) is 0. The molecule has 1 saturated heterocycles. The molecule has 19 heavy (non-hydrogen) atoms. The number of carbonyl (C=O) groups excluding carboxylic acids is 1. The molecule has 1 aliphatic rings. The first kappa shape index (κ1) is 16.1. The van der Waals surface area contributed by atoms with E-state index in [9.17, 15) is 9.59 Å². The Kier molecular flexibility index (Phi) is 7.01. The average molecular weight is 290 g/mol. The quantitative estimate of drug-likeness (QED) is 0.714. The lowest BCUT2D eigenvalue weighted by molar-refractivity contribution is -0.139. The molecule has 6 nitrogen and oxygen atoms in total. The van der Waals surface area contributed by atoms with Crippen molar-refractivity contribution in [3.05, 3.63) is 0 Å². The fourth-order valence-corrected chi connectivity index (χ4v) is 2.95. The number of carboxylic acid groups (broad SMARTS) is 1. The van der Waals surface area contributed by atoms with Crippen molar-refractivity contribution in [2.45, 2.75) is 31.1 Å². The molecule has 0 aromatic rings. The van der Waals surface area contributed by atoms with E-state index >= 15 is 0 Å². The van der Waals surface area contributed by atoms with Gasteiger partial charge in [-0.1, -0.05) is 6.92 Å². The molecule has 0 bridgehead atoms. The largest absolute Gasteiger partial charge is 0.480 e. The van der Waals surface area contributed by atoms with Gasteiger partial charge in [0.25, 0.3) is 0 Å². The standard InChI is InChI=1S/C12H22N2O4S/c1-9-8-14(5-7-19-9)12(17)13-10(11(15)16)4-3-6-18-2/h9-10H,3-8H2,1-2H3,(H,13,17)(H,15,16). The number of carbonyl (C=O) groups is 2. The Morgan fingerprint density at radius 3 is 2.89 bits per heavy atom. The van der Waals surface area contributed by atoms with Gasteiger partial charge in [0.2, 0.25) is 0 Å². The normalized spacial score (nSPS) is 20.9. The second-order valence-corrected chi connectivity index (χ2v) is 6.15. The molecule has 1 heterocycles. The topological polar surface area (TPSA) is 78.9 Å². The number of hydrogen-bond acceptors (Lipinski definition) is 4. The first-order valence-corrected chi connectivity index (χ1v) is 7.48. The molecule has 1 fully saturated rings. The van der Waals surface area contributed by atoms with E-state index in [-0.39, 0.29) is 6.03 Å². The molecule has 0 aliphatic carbocycles. The lowest BCUT2D eigenvalue weighted by atomic mass is 10.1. The zero-order valence-corrected chi connectivity index (χ0v) is 12.2. The van der Waals surface area contributed by atoms with Gasteiger partial charge >= 0.3 is 12.0 Å². The summed E-state index contributed by atoms with van der Waals surface area (Å²) in [7, 11) is 1.57. The number of amides is 2. The van der Waals surface area contributed by atoms with E-state index in [1.165, 1.54) is 0 Å². The molecule has 1 aliphatic heterocycles. The lowest BCUT2D eigenvalue weighted by Crippen LogP contribution is -2.51. The van der Waals surface area contributed by atoms with E-state index in [1.807, 2.05) is 11.8 Å². The Balaban J connectivity index is 2.43. The van der Waals surface area contributed by atoms with E-state index in [2.05, 4.69) is 12.2 Å². The van der Waals surface area contributed by atoms with Crippen LogP contribution in [0.2, 0.25) is 0 Å². The van der Waals surface area contributed by atoms with Gasteiger partial charge in [0.05, 0.1) is 0 Å². The molecule has 2 unspecified atom stereocenters. The van der Waals surface area contributed by atoms with Crippen LogP contribution in [0.25, 0.3) is 0 Å². The molecule has 2 amide bonds. The zero-order chi connectivity index (χ0) is 14.3. The predicted octanol–water partition coefficient (Wildman–Crippen LogP) is 1.01. The zero-order valence-electron chi connectivity index (χ0n) is 11.4. The van der Waals surface area contributed by atoms with Crippen LogP contribution in [0.15, 0.2) is 0 Å². The van der Waals surface area contributed by atoms with Gasteiger partial charge in [-0.3, -0.25) is 0 Å². The summed E-state index contributed by atoms with van der Waals surface area (Å²) in [6.07, 6.45) is 0.993. The highest BCUT2D eigenvalue weighted by molar-refractivity contribution is 7.99. The predicted molar refractivity (Wildman–Crippen MR) is 74.6 cm³/mol. The molecule has 0 spiro atoms. The summed E-state index contributed by atoms with van der Waals surface area (Å²) in [6, 6.07) is -1.12. The minimum absolute atomic E-state index is 0.281. The molecule has 0 saturated carbocycles. The van der Waals surface area contributed by atoms with Crippen LogP contribution in [-0.2, 0) is 9.53 Å². The van der Waals surface area contributed by atoms with Crippen molar-refractivity contribution in [2.75, 3.05) is 32.6 Å². The van der Waals surface area contributed by atoms with E-state index < -0.39 is 12.0 Å². The van der Waals surface area contributed by atoms with Crippen molar-refractivity contribution in [1.29, 1.82) is 0 Å². The van der Waals surface area contributed by atoms with Crippen molar-refractivity contribution in [1.82, 2.24) is 10.2 Å². The first-order chi connectivity index (χ1) is 9.04. The molecule has 2 N–H and O–H groups in total. The smallest absolute Gasteiger partial charge is 0.326 e. The number of aliphatic carboxylic acids is 1. The van der Waals surface area contributed by atoms with Crippen LogP contribution in [0.5, 0.6) is 0 Å². The Hall–Kier alpha value is -0.950. The van der Waals surface area contributed by atoms with Crippen LogP contribution >= 0.6 is 11.8 Å². The van der Waals surface area contributed by atoms with E-state index in [0.29, 0.717) is 37.8 Å². The second-order valence-electron chi connectivity index (χ2n) is 4.60. The molecular weight excluding hydrogens is 268 g/mol. The van der Waals surface area contributed by atoms with Crippen molar-refractivity contribution < 1.29 is 19.4 Å². The Bertz CT molecular complexity index is 314. The van der Waals surface area contributed by atoms with Crippen LogP contribution in [0, 0.1) is 0 Å². The molecule has 0 aromatic carbocycles. The van der Waals surface area contributed by atoms with Crippen LogP contribution in [-0.4, -0.2) is 65.9 Å². The number of thioether (sulfide) groups is 1. The van der Waals surface area contributed by atoms with Crippen molar-refractivity contribution in [3.8, 4) is 0 Å².